The highest BCUT2D eigenvalue weighted by molar-refractivity contribution is 5.99. The lowest BCUT2D eigenvalue weighted by Gasteiger charge is -2.26. The zero-order chi connectivity index (χ0) is 23.1. The third kappa shape index (κ3) is 6.41. The third-order valence-electron chi connectivity index (χ3n) is 6.07. The van der Waals surface area contributed by atoms with Crippen LogP contribution in [0.1, 0.15) is 55.1 Å². The molecule has 0 heterocycles. The Morgan fingerprint density at radius 3 is 2.62 bits per heavy atom. The number of hydrogen-bond acceptors (Lipinski definition) is 4. The minimum absolute atomic E-state index is 0.0342. The SMILES string of the molecule is CCC(C)(C)NCC(O)COc1ccc(C)cc1C(=O)CCc1cccc2ccccc12. The summed E-state index contributed by atoms with van der Waals surface area (Å²) in [5.74, 6) is 0.587. The van der Waals surface area contributed by atoms with E-state index in [4.69, 9.17) is 4.74 Å². The number of rotatable bonds is 11. The molecule has 0 bridgehead atoms. The van der Waals surface area contributed by atoms with Gasteiger partial charge in [0.15, 0.2) is 5.78 Å². The summed E-state index contributed by atoms with van der Waals surface area (Å²) in [6.45, 7) is 8.87. The Balaban J connectivity index is 1.65. The maximum Gasteiger partial charge on any atom is 0.166 e. The molecule has 1 unspecified atom stereocenters. The van der Waals surface area contributed by atoms with E-state index in [-0.39, 0.29) is 17.9 Å². The van der Waals surface area contributed by atoms with Gasteiger partial charge in [0.05, 0.1) is 5.56 Å². The number of Topliss-reactive ketones (excluding diaryl/α,β-unsaturated/α-hetero) is 1. The predicted octanol–water partition coefficient (Wildman–Crippen LogP) is 5.48. The van der Waals surface area contributed by atoms with Crippen LogP contribution < -0.4 is 10.1 Å². The number of β-amino-alcohol motifs (C(OH)–C–C–N with tert-alkyl or cyclic N) is 1. The molecule has 0 aromatic heterocycles. The molecule has 0 saturated heterocycles. The molecule has 170 valence electrons. The number of ketones is 1. The predicted molar refractivity (Wildman–Crippen MR) is 132 cm³/mol. The van der Waals surface area contributed by atoms with Gasteiger partial charge < -0.3 is 15.2 Å². The Hall–Kier alpha value is -2.69. The van der Waals surface area contributed by atoms with Crippen molar-refractivity contribution in [2.24, 2.45) is 0 Å². The van der Waals surface area contributed by atoms with E-state index in [9.17, 15) is 9.90 Å². The summed E-state index contributed by atoms with van der Waals surface area (Å²) in [6, 6.07) is 20.1. The second kappa shape index (κ2) is 10.8. The maximum absolute atomic E-state index is 13.1. The number of carbonyl (C=O) groups excluding carboxylic acids is 1. The van der Waals surface area contributed by atoms with Crippen molar-refractivity contribution >= 4 is 16.6 Å². The molecule has 1 atom stereocenters. The average molecular weight is 434 g/mol. The first-order chi connectivity index (χ1) is 15.3. The molecule has 0 saturated carbocycles. The molecule has 0 fully saturated rings. The second-order valence-corrected chi connectivity index (χ2v) is 9.14. The summed E-state index contributed by atoms with van der Waals surface area (Å²) in [4.78, 5) is 13.1. The molecule has 4 nitrogen and oxygen atoms in total. The number of fused-ring (bicyclic) bond motifs is 1. The number of nitrogens with one attached hydrogen (secondary N) is 1. The fourth-order valence-corrected chi connectivity index (χ4v) is 3.64. The molecule has 0 aliphatic rings. The quantitative estimate of drug-likeness (QED) is 0.393. The molecule has 32 heavy (non-hydrogen) atoms. The summed E-state index contributed by atoms with van der Waals surface area (Å²) in [5, 5.41) is 16.1. The summed E-state index contributed by atoms with van der Waals surface area (Å²) < 4.78 is 5.89. The van der Waals surface area contributed by atoms with E-state index in [1.807, 2.05) is 43.3 Å². The summed E-state index contributed by atoms with van der Waals surface area (Å²) in [7, 11) is 0. The van der Waals surface area contributed by atoms with Crippen LogP contribution in [0.15, 0.2) is 60.7 Å². The Morgan fingerprint density at radius 2 is 1.84 bits per heavy atom. The van der Waals surface area contributed by atoms with Crippen LogP contribution in [0.2, 0.25) is 0 Å². The zero-order valence-electron chi connectivity index (χ0n) is 19.7. The van der Waals surface area contributed by atoms with Gasteiger partial charge in [0.25, 0.3) is 0 Å². The van der Waals surface area contributed by atoms with Crippen LogP contribution in [0.3, 0.4) is 0 Å². The van der Waals surface area contributed by atoms with Gasteiger partial charge in [-0.3, -0.25) is 4.79 Å². The molecule has 3 aromatic carbocycles. The van der Waals surface area contributed by atoms with Gasteiger partial charge >= 0.3 is 0 Å². The van der Waals surface area contributed by atoms with Crippen molar-refractivity contribution in [3.05, 3.63) is 77.4 Å². The smallest absolute Gasteiger partial charge is 0.166 e. The summed E-state index contributed by atoms with van der Waals surface area (Å²) >= 11 is 0. The van der Waals surface area contributed by atoms with Crippen molar-refractivity contribution in [3.8, 4) is 5.75 Å². The van der Waals surface area contributed by atoms with E-state index in [1.165, 1.54) is 16.3 Å². The number of aliphatic hydroxyl groups is 1. The first kappa shape index (κ1) is 24.0. The molecule has 4 heteroatoms. The van der Waals surface area contributed by atoms with E-state index < -0.39 is 6.10 Å². The molecule has 0 radical (unpaired) electrons. The topological polar surface area (TPSA) is 58.6 Å². The molecule has 3 rings (SSSR count). The molecule has 0 aliphatic heterocycles. The molecule has 0 aliphatic carbocycles. The average Bonchev–Trinajstić information content (AvgIpc) is 2.80. The van der Waals surface area contributed by atoms with Gasteiger partial charge in [-0.1, -0.05) is 61.0 Å². The lowest BCUT2D eigenvalue weighted by molar-refractivity contribution is 0.0927. The number of aliphatic hydroxyl groups excluding tert-OH is 1. The van der Waals surface area contributed by atoms with Gasteiger partial charge in [0, 0.05) is 18.5 Å². The van der Waals surface area contributed by atoms with E-state index >= 15 is 0 Å². The highest BCUT2D eigenvalue weighted by atomic mass is 16.5. The van der Waals surface area contributed by atoms with Gasteiger partial charge in [0.2, 0.25) is 0 Å². The van der Waals surface area contributed by atoms with Crippen molar-refractivity contribution < 1.29 is 14.6 Å². The van der Waals surface area contributed by atoms with E-state index in [2.05, 4.69) is 50.4 Å². The fourth-order valence-electron chi connectivity index (χ4n) is 3.64. The van der Waals surface area contributed by atoms with E-state index in [0.717, 1.165) is 12.0 Å². The van der Waals surface area contributed by atoms with Crippen LogP contribution in [0.5, 0.6) is 5.75 Å². The Labute approximate surface area is 191 Å². The number of hydrogen-bond donors (Lipinski definition) is 2. The molecule has 2 N–H and O–H groups in total. The van der Waals surface area contributed by atoms with Crippen molar-refractivity contribution in [1.82, 2.24) is 5.32 Å². The van der Waals surface area contributed by atoms with Crippen LogP contribution in [0.25, 0.3) is 10.8 Å². The fraction of sp³-hybridized carbons (Fsp3) is 0.393. The summed E-state index contributed by atoms with van der Waals surface area (Å²) in [6.07, 6.45) is 1.39. The largest absolute Gasteiger partial charge is 0.490 e. The van der Waals surface area contributed by atoms with E-state index in [0.29, 0.717) is 30.7 Å². The minimum atomic E-state index is -0.652. The number of benzene rings is 3. The number of carbonyl (C=O) groups is 1. The standard InChI is InChI=1S/C28H35NO3/c1-5-28(3,4)29-18-23(30)19-32-27-16-13-20(2)17-25(27)26(31)15-14-22-11-8-10-21-9-6-7-12-24(21)22/h6-13,16-17,23,29-30H,5,14-15,18-19H2,1-4H3. The normalized spacial score (nSPS) is 12.7. The molecule has 0 amide bonds. The van der Waals surface area contributed by atoms with Crippen LogP contribution >= 0.6 is 0 Å². The minimum Gasteiger partial charge on any atom is -0.490 e. The van der Waals surface area contributed by atoms with E-state index in [1.54, 1.807) is 0 Å². The lowest BCUT2D eigenvalue weighted by Crippen LogP contribution is -2.44. The first-order valence-corrected chi connectivity index (χ1v) is 11.5. The first-order valence-electron chi connectivity index (χ1n) is 11.5. The van der Waals surface area contributed by atoms with Gasteiger partial charge in [-0.05, 0) is 62.1 Å². The van der Waals surface area contributed by atoms with Gasteiger partial charge in [0.1, 0.15) is 18.5 Å². The summed E-state index contributed by atoms with van der Waals surface area (Å²) in [5.41, 5.74) is 2.73. The molecular weight excluding hydrogens is 398 g/mol. The number of ether oxygens (including phenoxy) is 1. The van der Waals surface area contributed by atoms with Crippen molar-refractivity contribution in [2.45, 2.75) is 58.6 Å². The Morgan fingerprint density at radius 1 is 1.09 bits per heavy atom. The highest BCUT2D eigenvalue weighted by Crippen LogP contribution is 2.25. The van der Waals surface area contributed by atoms with Crippen LogP contribution in [-0.4, -0.2) is 35.7 Å². The van der Waals surface area contributed by atoms with Crippen molar-refractivity contribution in [3.63, 3.8) is 0 Å². The lowest BCUT2D eigenvalue weighted by atomic mass is 9.97. The van der Waals surface area contributed by atoms with Crippen LogP contribution in [-0.2, 0) is 6.42 Å². The van der Waals surface area contributed by atoms with Crippen LogP contribution in [0.4, 0.5) is 0 Å². The third-order valence-corrected chi connectivity index (χ3v) is 6.07. The second-order valence-electron chi connectivity index (χ2n) is 9.14. The highest BCUT2D eigenvalue weighted by Gasteiger charge is 2.18. The van der Waals surface area contributed by atoms with Crippen LogP contribution in [0, 0.1) is 6.92 Å². The monoisotopic (exact) mass is 433 g/mol. The number of aryl methyl sites for hydroxylation is 2. The maximum atomic E-state index is 13.1. The molecule has 0 spiro atoms. The van der Waals surface area contributed by atoms with Gasteiger partial charge in [-0.25, -0.2) is 0 Å². The molecular formula is C28H35NO3. The van der Waals surface area contributed by atoms with Gasteiger partial charge in [-0.15, -0.1) is 0 Å². The Kier molecular flexibility index (Phi) is 8.05. The molecule has 3 aromatic rings. The van der Waals surface area contributed by atoms with Gasteiger partial charge in [-0.2, -0.15) is 0 Å². The van der Waals surface area contributed by atoms with Crippen molar-refractivity contribution in [2.75, 3.05) is 13.2 Å². The Bertz CT molecular complexity index is 1050. The zero-order valence-corrected chi connectivity index (χ0v) is 19.7. The van der Waals surface area contributed by atoms with Crippen molar-refractivity contribution in [1.29, 1.82) is 0 Å².